The first kappa shape index (κ1) is 9.39. The molecule has 4 nitrogen and oxygen atoms in total. The lowest BCUT2D eigenvalue weighted by Gasteiger charge is -2.20. The Bertz CT molecular complexity index is 109. The van der Waals surface area contributed by atoms with Gasteiger partial charge in [0, 0.05) is 0 Å². The van der Waals surface area contributed by atoms with E-state index in [0.29, 0.717) is 0 Å². The summed E-state index contributed by atoms with van der Waals surface area (Å²) in [6.07, 6.45) is 0.394. The minimum atomic E-state index is -1.51. The summed E-state index contributed by atoms with van der Waals surface area (Å²) in [5.74, 6) is -1.19. The largest absolute Gasteiger partial charge is 0.479 e. The number of hydrogen-bond donors (Lipinski definition) is 1. The van der Waals surface area contributed by atoms with E-state index in [2.05, 4.69) is 4.89 Å². The normalized spacial score (nSPS) is 11.5. The van der Waals surface area contributed by atoms with Crippen molar-refractivity contribution in [2.75, 3.05) is 0 Å². The maximum absolute atomic E-state index is 10.4. The van der Waals surface area contributed by atoms with Crippen LogP contribution in [0.5, 0.6) is 0 Å². The van der Waals surface area contributed by atoms with Crippen LogP contribution in [0, 0.1) is 0 Å². The molecule has 0 aliphatic carbocycles. The molecule has 0 heterocycles. The molecule has 0 amide bonds. The molecule has 0 saturated carbocycles. The van der Waals surface area contributed by atoms with Gasteiger partial charge in [-0.25, -0.2) is 4.79 Å². The monoisotopic (exact) mass is 147 g/mol. The first-order chi connectivity index (χ1) is 4.63. The molecular formula is C6H11O4. The minimum Gasteiger partial charge on any atom is -0.479 e. The molecule has 0 atom stereocenters. The van der Waals surface area contributed by atoms with Crippen molar-refractivity contribution in [2.24, 2.45) is 0 Å². The Kier molecular flexibility index (Phi) is 3.32. The lowest BCUT2D eigenvalue weighted by Crippen LogP contribution is -2.38. The highest BCUT2D eigenvalue weighted by molar-refractivity contribution is 5.77. The van der Waals surface area contributed by atoms with Crippen LogP contribution in [-0.4, -0.2) is 16.7 Å². The van der Waals surface area contributed by atoms with Crippen molar-refractivity contribution in [3.8, 4) is 0 Å². The number of aliphatic carboxylic acids is 1. The molecule has 0 aromatic carbocycles. The molecule has 0 aliphatic heterocycles. The molecule has 0 saturated heterocycles. The van der Waals surface area contributed by atoms with Gasteiger partial charge in [-0.2, -0.15) is 4.89 Å². The highest BCUT2D eigenvalue weighted by Crippen LogP contribution is 2.19. The van der Waals surface area contributed by atoms with Crippen molar-refractivity contribution >= 4 is 5.97 Å². The van der Waals surface area contributed by atoms with Crippen LogP contribution in [0.15, 0.2) is 0 Å². The van der Waals surface area contributed by atoms with Crippen molar-refractivity contribution < 1.29 is 20.0 Å². The summed E-state index contributed by atoms with van der Waals surface area (Å²) < 4.78 is 0. The molecule has 1 N–H and O–H groups in total. The van der Waals surface area contributed by atoms with Crippen molar-refractivity contribution in [3.05, 3.63) is 0 Å². The lowest BCUT2D eigenvalue weighted by molar-refractivity contribution is -0.366. The van der Waals surface area contributed by atoms with Crippen LogP contribution in [0.3, 0.4) is 0 Å². The Labute approximate surface area is 59.4 Å². The van der Waals surface area contributed by atoms with Gasteiger partial charge in [0.2, 0.25) is 5.60 Å². The highest BCUT2D eigenvalue weighted by atomic mass is 17.1. The fraction of sp³-hybridized carbons (Fsp3) is 0.833. The smallest absolute Gasteiger partial charge is 0.339 e. The molecule has 1 radical (unpaired) electrons. The van der Waals surface area contributed by atoms with E-state index in [-0.39, 0.29) is 12.8 Å². The average Bonchev–Trinajstić information content (AvgIpc) is 1.92. The molecule has 0 rings (SSSR count). The molecular weight excluding hydrogens is 136 g/mol. The summed E-state index contributed by atoms with van der Waals surface area (Å²) in [5, 5.41) is 18.5. The predicted molar refractivity (Wildman–Crippen MR) is 32.7 cm³/mol. The molecule has 0 spiro atoms. The molecule has 59 valence electrons. The number of carbonyl (C=O) groups is 1. The standard InChI is InChI=1S/C6H11O4/c1-3-6(4-2,10-9)5(7)8/h3-4H2,1-2H3,(H,7,8). The van der Waals surface area contributed by atoms with Crippen molar-refractivity contribution in [2.45, 2.75) is 32.3 Å². The lowest BCUT2D eigenvalue weighted by atomic mass is 9.98. The van der Waals surface area contributed by atoms with Gasteiger partial charge in [-0.15, -0.1) is 0 Å². The minimum absolute atomic E-state index is 0.197. The van der Waals surface area contributed by atoms with Crippen LogP contribution in [0.25, 0.3) is 0 Å². The number of hydrogen-bond acceptors (Lipinski definition) is 2. The molecule has 4 heteroatoms. The van der Waals surface area contributed by atoms with Gasteiger partial charge >= 0.3 is 5.97 Å². The van der Waals surface area contributed by atoms with E-state index in [1.807, 2.05) is 0 Å². The molecule has 0 aromatic rings. The second kappa shape index (κ2) is 3.53. The van der Waals surface area contributed by atoms with Crippen molar-refractivity contribution in [3.63, 3.8) is 0 Å². The number of rotatable bonds is 4. The fourth-order valence-electron chi connectivity index (χ4n) is 0.706. The Hall–Kier alpha value is -0.610. The molecule has 0 fully saturated rings. The Balaban J connectivity index is 4.31. The summed E-state index contributed by atoms with van der Waals surface area (Å²) in [7, 11) is 0. The molecule has 0 bridgehead atoms. The summed E-state index contributed by atoms with van der Waals surface area (Å²) >= 11 is 0. The topological polar surface area (TPSA) is 66.4 Å². The maximum Gasteiger partial charge on any atom is 0.339 e. The molecule has 10 heavy (non-hydrogen) atoms. The summed E-state index contributed by atoms with van der Waals surface area (Å²) in [6.45, 7) is 3.21. The summed E-state index contributed by atoms with van der Waals surface area (Å²) in [6, 6.07) is 0. The average molecular weight is 147 g/mol. The summed E-state index contributed by atoms with van der Waals surface area (Å²) in [4.78, 5) is 14.0. The first-order valence-corrected chi connectivity index (χ1v) is 3.17. The Morgan fingerprint density at radius 1 is 1.50 bits per heavy atom. The van der Waals surface area contributed by atoms with Crippen LogP contribution in [0.1, 0.15) is 26.7 Å². The van der Waals surface area contributed by atoms with Crippen molar-refractivity contribution in [1.29, 1.82) is 0 Å². The second-order valence-corrected chi connectivity index (χ2v) is 2.09. The van der Waals surface area contributed by atoms with Gasteiger partial charge in [-0.1, -0.05) is 13.8 Å². The number of carboxylic acids is 1. The van der Waals surface area contributed by atoms with Crippen LogP contribution in [0.2, 0.25) is 0 Å². The third kappa shape index (κ3) is 1.46. The second-order valence-electron chi connectivity index (χ2n) is 2.09. The van der Waals surface area contributed by atoms with Crippen LogP contribution < -0.4 is 0 Å². The maximum atomic E-state index is 10.4. The van der Waals surface area contributed by atoms with Gasteiger partial charge in [-0.05, 0) is 18.1 Å². The van der Waals surface area contributed by atoms with Crippen LogP contribution in [0.4, 0.5) is 0 Å². The van der Waals surface area contributed by atoms with Gasteiger partial charge in [-0.3, -0.25) is 0 Å². The predicted octanol–water partition coefficient (Wildman–Crippen LogP) is 0.992. The quantitative estimate of drug-likeness (QED) is 0.476. The third-order valence-corrected chi connectivity index (χ3v) is 1.69. The van der Waals surface area contributed by atoms with E-state index >= 15 is 0 Å². The number of carboxylic acid groups (broad SMARTS) is 1. The van der Waals surface area contributed by atoms with Gasteiger partial charge in [0.1, 0.15) is 0 Å². The van der Waals surface area contributed by atoms with Gasteiger partial charge < -0.3 is 5.11 Å². The van der Waals surface area contributed by atoms with E-state index < -0.39 is 11.6 Å². The zero-order chi connectivity index (χ0) is 8.20. The van der Waals surface area contributed by atoms with Gasteiger partial charge in [0.25, 0.3) is 0 Å². The van der Waals surface area contributed by atoms with Crippen LogP contribution >= 0.6 is 0 Å². The molecule has 0 aliphatic rings. The molecule has 0 aromatic heterocycles. The van der Waals surface area contributed by atoms with E-state index in [4.69, 9.17) is 5.11 Å². The van der Waals surface area contributed by atoms with Gasteiger partial charge in [0.15, 0.2) is 0 Å². The van der Waals surface area contributed by atoms with E-state index in [1.54, 1.807) is 13.8 Å². The highest BCUT2D eigenvalue weighted by Gasteiger charge is 2.37. The Morgan fingerprint density at radius 2 is 1.90 bits per heavy atom. The van der Waals surface area contributed by atoms with Gasteiger partial charge in [0.05, 0.1) is 0 Å². The SMILES string of the molecule is CCC(CC)(O[O])C(=O)O. The van der Waals surface area contributed by atoms with E-state index in [9.17, 15) is 10.1 Å². The molecule has 0 unspecified atom stereocenters. The Morgan fingerprint density at radius 3 is 1.90 bits per heavy atom. The first-order valence-electron chi connectivity index (χ1n) is 3.17. The van der Waals surface area contributed by atoms with Crippen LogP contribution in [-0.2, 0) is 14.9 Å². The zero-order valence-electron chi connectivity index (χ0n) is 6.09. The zero-order valence-corrected chi connectivity index (χ0v) is 6.09. The van der Waals surface area contributed by atoms with E-state index in [1.165, 1.54) is 0 Å². The van der Waals surface area contributed by atoms with E-state index in [0.717, 1.165) is 0 Å². The third-order valence-electron chi connectivity index (χ3n) is 1.69. The summed E-state index contributed by atoms with van der Waals surface area (Å²) in [5.41, 5.74) is -1.51. The van der Waals surface area contributed by atoms with Crippen molar-refractivity contribution in [1.82, 2.24) is 0 Å². The fourth-order valence-corrected chi connectivity index (χ4v) is 0.706.